The number of nitrogens with one attached hydrogen (secondary N) is 2. The second-order valence-electron chi connectivity index (χ2n) is 9.03. The van der Waals surface area contributed by atoms with Gasteiger partial charge in [0.15, 0.2) is 5.03 Å². The molecule has 0 aliphatic heterocycles. The predicted octanol–water partition coefficient (Wildman–Crippen LogP) is 3.60. The molecule has 2 aliphatic carbocycles. The lowest BCUT2D eigenvalue weighted by Crippen LogP contribution is -2.35. The Kier molecular flexibility index (Phi) is 6.53. The first-order valence-corrected chi connectivity index (χ1v) is 13.6. The molecule has 0 atom stereocenters. The minimum Gasteiger partial charge on any atom is -0.461 e. The normalized spacial score (nSPS) is 14.2. The molecule has 2 aromatic carbocycles. The summed E-state index contributed by atoms with van der Waals surface area (Å²) in [5, 5.41) is 6.53. The Morgan fingerprint density at radius 2 is 1.67 bits per heavy atom. The van der Waals surface area contributed by atoms with Gasteiger partial charge in [-0.1, -0.05) is 36.4 Å². The van der Waals surface area contributed by atoms with E-state index >= 15 is 0 Å². The number of carbonyl (C=O) groups is 2. The van der Waals surface area contributed by atoms with Gasteiger partial charge in [0.05, 0.1) is 13.2 Å². The van der Waals surface area contributed by atoms with Gasteiger partial charge in [0.25, 0.3) is 10.0 Å². The van der Waals surface area contributed by atoms with Crippen molar-refractivity contribution in [2.45, 2.75) is 57.0 Å². The van der Waals surface area contributed by atoms with Crippen molar-refractivity contribution >= 4 is 27.7 Å². The number of esters is 1. The topological polar surface area (TPSA) is 119 Å². The summed E-state index contributed by atoms with van der Waals surface area (Å²) >= 11 is 0. The molecule has 0 radical (unpaired) electrons. The van der Waals surface area contributed by atoms with Gasteiger partial charge in [0.1, 0.15) is 5.69 Å². The van der Waals surface area contributed by atoms with Gasteiger partial charge in [-0.2, -0.15) is 13.5 Å². The Balaban J connectivity index is 1.40. The number of sulfonamides is 1. The lowest BCUT2D eigenvalue weighted by Gasteiger charge is -2.16. The zero-order chi connectivity index (χ0) is 25.3. The maximum absolute atomic E-state index is 13.1. The molecule has 0 bridgehead atoms. The van der Waals surface area contributed by atoms with Crippen LogP contribution in [0.4, 0.5) is 10.5 Å². The Bertz CT molecular complexity index is 1400. The SMILES string of the molecule is CCOC(=O)c1cc(S(=O)(=O)NC(=O)Nc2c3c(cc4c2CCC4)CCC3)nn1Cc1ccccc1. The van der Waals surface area contributed by atoms with Gasteiger partial charge in [-0.25, -0.2) is 14.3 Å². The predicted molar refractivity (Wildman–Crippen MR) is 134 cm³/mol. The molecule has 36 heavy (non-hydrogen) atoms. The number of aromatic nitrogens is 2. The summed E-state index contributed by atoms with van der Waals surface area (Å²) < 4.78 is 34.6. The molecule has 0 fully saturated rings. The number of hydrogen-bond acceptors (Lipinski definition) is 6. The van der Waals surface area contributed by atoms with E-state index in [4.69, 9.17) is 4.74 Å². The van der Waals surface area contributed by atoms with E-state index < -0.39 is 27.0 Å². The summed E-state index contributed by atoms with van der Waals surface area (Å²) in [6.45, 7) is 1.96. The Morgan fingerprint density at radius 1 is 1.00 bits per heavy atom. The third-order valence-electron chi connectivity index (χ3n) is 6.63. The minimum atomic E-state index is -4.35. The van der Waals surface area contributed by atoms with Crippen LogP contribution in [0, 0.1) is 0 Å². The van der Waals surface area contributed by atoms with Crippen LogP contribution in [-0.2, 0) is 47.0 Å². The summed E-state index contributed by atoms with van der Waals surface area (Å²) in [6.07, 6.45) is 5.68. The lowest BCUT2D eigenvalue weighted by atomic mass is 9.99. The number of aryl methyl sites for hydroxylation is 2. The number of rotatable bonds is 7. The molecular formula is C26H28N4O5S. The zero-order valence-electron chi connectivity index (χ0n) is 20.0. The van der Waals surface area contributed by atoms with Crippen molar-refractivity contribution in [2.24, 2.45) is 0 Å². The maximum atomic E-state index is 13.1. The van der Waals surface area contributed by atoms with Crippen molar-refractivity contribution in [1.29, 1.82) is 0 Å². The number of anilines is 1. The highest BCUT2D eigenvalue weighted by Crippen LogP contribution is 2.38. The number of amides is 2. The van der Waals surface area contributed by atoms with Crippen LogP contribution in [0.25, 0.3) is 0 Å². The highest BCUT2D eigenvalue weighted by atomic mass is 32.2. The Morgan fingerprint density at radius 3 is 2.31 bits per heavy atom. The lowest BCUT2D eigenvalue weighted by molar-refractivity contribution is 0.0512. The Hall–Kier alpha value is -3.66. The van der Waals surface area contributed by atoms with E-state index in [0.717, 1.165) is 67.0 Å². The van der Waals surface area contributed by atoms with Crippen LogP contribution >= 0.6 is 0 Å². The number of carbonyl (C=O) groups excluding carboxylic acids is 2. The molecule has 9 nitrogen and oxygen atoms in total. The monoisotopic (exact) mass is 508 g/mol. The van der Waals surface area contributed by atoms with E-state index in [1.165, 1.54) is 15.8 Å². The van der Waals surface area contributed by atoms with Crippen LogP contribution in [-0.4, -0.2) is 36.8 Å². The van der Waals surface area contributed by atoms with E-state index in [0.29, 0.717) is 0 Å². The highest BCUT2D eigenvalue weighted by molar-refractivity contribution is 7.90. The number of ether oxygens (including phenoxy) is 1. The molecule has 2 aliphatic rings. The first kappa shape index (κ1) is 24.1. The minimum absolute atomic E-state index is 0.0137. The van der Waals surface area contributed by atoms with Crippen LogP contribution in [0.15, 0.2) is 47.5 Å². The summed E-state index contributed by atoms with van der Waals surface area (Å²) in [4.78, 5) is 25.4. The molecule has 0 spiro atoms. The van der Waals surface area contributed by atoms with Crippen molar-refractivity contribution in [3.8, 4) is 0 Å². The second kappa shape index (κ2) is 9.77. The van der Waals surface area contributed by atoms with E-state index in [1.54, 1.807) is 6.92 Å². The fourth-order valence-corrected chi connectivity index (χ4v) is 5.92. The molecule has 1 aromatic heterocycles. The van der Waals surface area contributed by atoms with E-state index in [-0.39, 0.29) is 18.8 Å². The highest BCUT2D eigenvalue weighted by Gasteiger charge is 2.29. The van der Waals surface area contributed by atoms with Crippen molar-refractivity contribution in [3.63, 3.8) is 0 Å². The molecule has 188 valence electrons. The molecule has 1 heterocycles. The van der Waals surface area contributed by atoms with Crippen LogP contribution in [0.3, 0.4) is 0 Å². The van der Waals surface area contributed by atoms with Crippen molar-refractivity contribution < 1.29 is 22.7 Å². The van der Waals surface area contributed by atoms with E-state index in [2.05, 4.69) is 21.2 Å². The first-order chi connectivity index (χ1) is 17.4. The molecule has 0 saturated heterocycles. The first-order valence-electron chi connectivity index (χ1n) is 12.1. The average Bonchev–Trinajstić information content (AvgIpc) is 3.59. The molecule has 2 amide bonds. The van der Waals surface area contributed by atoms with Gasteiger partial charge in [-0.15, -0.1) is 0 Å². The van der Waals surface area contributed by atoms with Crippen molar-refractivity contribution in [3.05, 3.63) is 76.0 Å². The standard InChI is InChI=1S/C26H28N4O5S/c1-2-35-25(31)22-15-23(28-30(22)16-17-8-4-3-5-9-17)36(33,34)29-26(32)27-24-20-12-6-10-18(20)14-19-11-7-13-21(19)24/h3-5,8-9,14-15H,2,6-7,10-13,16H2,1H3,(H2,27,29,32). The largest absolute Gasteiger partial charge is 0.461 e. The molecule has 5 rings (SSSR count). The maximum Gasteiger partial charge on any atom is 0.356 e. The van der Waals surface area contributed by atoms with Gasteiger partial charge < -0.3 is 10.1 Å². The fourth-order valence-electron chi connectivity index (χ4n) is 5.05. The van der Waals surface area contributed by atoms with E-state index in [1.807, 2.05) is 30.3 Å². The number of hydrogen-bond donors (Lipinski definition) is 2. The van der Waals surface area contributed by atoms with E-state index in [9.17, 15) is 18.0 Å². The van der Waals surface area contributed by atoms with Gasteiger partial charge in [-0.05, 0) is 73.3 Å². The third kappa shape index (κ3) is 4.73. The van der Waals surface area contributed by atoms with Crippen LogP contribution in [0.5, 0.6) is 0 Å². The summed E-state index contributed by atoms with van der Waals surface area (Å²) in [7, 11) is -4.35. The van der Waals surface area contributed by atoms with Gasteiger partial charge in [-0.3, -0.25) is 4.68 Å². The third-order valence-corrected chi connectivity index (χ3v) is 7.84. The smallest absolute Gasteiger partial charge is 0.356 e. The number of benzene rings is 2. The van der Waals surface area contributed by atoms with Crippen LogP contribution in [0.2, 0.25) is 0 Å². The van der Waals surface area contributed by atoms with Gasteiger partial charge in [0.2, 0.25) is 0 Å². The average molecular weight is 509 g/mol. The molecule has 0 unspecified atom stereocenters. The van der Waals surface area contributed by atoms with Gasteiger partial charge in [0, 0.05) is 11.8 Å². The van der Waals surface area contributed by atoms with Crippen LogP contribution in [0.1, 0.15) is 58.1 Å². The number of urea groups is 1. The molecule has 0 saturated carbocycles. The summed E-state index contributed by atoms with van der Waals surface area (Å²) in [5.41, 5.74) is 6.21. The quantitative estimate of drug-likeness (QED) is 0.471. The fraction of sp³-hybridized carbons (Fsp3) is 0.346. The summed E-state index contributed by atoms with van der Waals surface area (Å²) in [6, 6.07) is 11.7. The number of nitrogens with zero attached hydrogens (tertiary/aromatic N) is 2. The molecule has 2 N–H and O–H groups in total. The summed E-state index contributed by atoms with van der Waals surface area (Å²) in [5.74, 6) is -0.692. The van der Waals surface area contributed by atoms with Crippen molar-refractivity contribution in [2.75, 3.05) is 11.9 Å². The van der Waals surface area contributed by atoms with Crippen molar-refractivity contribution in [1.82, 2.24) is 14.5 Å². The molecular weight excluding hydrogens is 480 g/mol. The molecule has 3 aromatic rings. The Labute approximate surface area is 209 Å². The molecule has 10 heteroatoms. The zero-order valence-corrected chi connectivity index (χ0v) is 20.9. The second-order valence-corrected chi connectivity index (χ2v) is 10.7. The van der Waals surface area contributed by atoms with Gasteiger partial charge >= 0.3 is 12.0 Å². The number of fused-ring (bicyclic) bond motifs is 2. The van der Waals surface area contributed by atoms with Crippen LogP contribution < -0.4 is 10.0 Å².